The van der Waals surface area contributed by atoms with Crippen molar-refractivity contribution in [2.75, 3.05) is 10.6 Å². The van der Waals surface area contributed by atoms with E-state index >= 15 is 0 Å². The summed E-state index contributed by atoms with van der Waals surface area (Å²) < 4.78 is 2.06. The zero-order chi connectivity index (χ0) is 19.7. The van der Waals surface area contributed by atoms with Gasteiger partial charge in [0.1, 0.15) is 5.82 Å². The Morgan fingerprint density at radius 2 is 2.14 bits per heavy atom. The first-order valence-electron chi connectivity index (χ1n) is 8.73. The lowest BCUT2D eigenvalue weighted by Crippen LogP contribution is -2.07. The molecule has 0 aliphatic rings. The number of benzene rings is 1. The van der Waals surface area contributed by atoms with Crippen LogP contribution in [-0.4, -0.2) is 20.4 Å². The molecule has 0 atom stereocenters. The number of hydrogen-bond acceptors (Lipinski definition) is 5. The van der Waals surface area contributed by atoms with Crippen molar-refractivity contribution in [3.05, 3.63) is 66.3 Å². The highest BCUT2D eigenvalue weighted by molar-refractivity contribution is 7.15. The smallest absolute Gasteiger partial charge is 0.247 e. The molecule has 4 aromatic rings. The second-order valence-corrected chi connectivity index (χ2v) is 7.63. The van der Waals surface area contributed by atoms with Crippen molar-refractivity contribution in [3.8, 4) is 11.3 Å². The van der Waals surface area contributed by atoms with Gasteiger partial charge in [0.05, 0.1) is 11.2 Å². The van der Waals surface area contributed by atoms with Crippen molar-refractivity contribution in [2.24, 2.45) is 7.05 Å². The normalized spacial score (nSPS) is 10.8. The van der Waals surface area contributed by atoms with Gasteiger partial charge in [0, 0.05) is 47.0 Å². The van der Waals surface area contributed by atoms with E-state index in [4.69, 9.17) is 4.98 Å². The third-order valence-corrected chi connectivity index (χ3v) is 5.15. The first-order chi connectivity index (χ1) is 13.5. The fourth-order valence-electron chi connectivity index (χ4n) is 3.01. The van der Waals surface area contributed by atoms with Crippen LogP contribution in [0.2, 0.25) is 0 Å². The zero-order valence-electron chi connectivity index (χ0n) is 15.6. The van der Waals surface area contributed by atoms with E-state index in [1.165, 1.54) is 6.08 Å². The maximum Gasteiger partial charge on any atom is 0.247 e. The molecule has 0 saturated heterocycles. The van der Waals surface area contributed by atoms with E-state index in [-0.39, 0.29) is 5.91 Å². The van der Waals surface area contributed by atoms with Crippen LogP contribution in [0.1, 0.15) is 4.88 Å². The standard InChI is InChI=1S/C21H19N5OS/c1-4-19(27)23-15-7-5-6-14(10-15)20-16-8-9-26(3)17(16)11-18(24-20)25-21-22-12-13(2)28-21/h4-12H,1H2,2-3H3,(H,23,27)(H,22,24,25). The lowest BCUT2D eigenvalue weighted by atomic mass is 10.1. The predicted octanol–water partition coefficient (Wildman–Crippen LogP) is 4.87. The monoisotopic (exact) mass is 389 g/mol. The minimum absolute atomic E-state index is 0.246. The summed E-state index contributed by atoms with van der Waals surface area (Å²) in [6, 6.07) is 11.7. The summed E-state index contributed by atoms with van der Waals surface area (Å²) in [4.78, 5) is 22.0. The number of anilines is 3. The van der Waals surface area contributed by atoms with Crippen molar-refractivity contribution in [1.82, 2.24) is 14.5 Å². The predicted molar refractivity (Wildman–Crippen MR) is 115 cm³/mol. The first-order valence-corrected chi connectivity index (χ1v) is 9.54. The number of carbonyl (C=O) groups excluding carboxylic acids is 1. The van der Waals surface area contributed by atoms with Crippen LogP contribution in [-0.2, 0) is 11.8 Å². The molecule has 140 valence electrons. The average molecular weight is 389 g/mol. The molecular weight excluding hydrogens is 370 g/mol. The molecular formula is C21H19N5OS. The number of amides is 1. The van der Waals surface area contributed by atoms with Gasteiger partial charge in [0.2, 0.25) is 5.91 Å². The van der Waals surface area contributed by atoms with Crippen LogP contribution in [0.4, 0.5) is 16.6 Å². The van der Waals surface area contributed by atoms with E-state index in [9.17, 15) is 4.79 Å². The Bertz CT molecular complexity index is 1190. The van der Waals surface area contributed by atoms with E-state index in [2.05, 4.69) is 26.8 Å². The topological polar surface area (TPSA) is 71.8 Å². The highest BCUT2D eigenvalue weighted by Crippen LogP contribution is 2.32. The minimum atomic E-state index is -0.246. The molecule has 7 heteroatoms. The molecule has 6 nitrogen and oxygen atoms in total. The summed E-state index contributed by atoms with van der Waals surface area (Å²) in [5, 5.41) is 7.94. The summed E-state index contributed by atoms with van der Waals surface area (Å²) in [6.07, 6.45) is 5.10. The molecule has 1 amide bonds. The number of nitrogens with zero attached hydrogens (tertiary/aromatic N) is 3. The number of thiazole rings is 1. The van der Waals surface area contributed by atoms with Gasteiger partial charge in [-0.15, -0.1) is 11.3 Å². The molecule has 0 aliphatic carbocycles. The number of pyridine rings is 1. The Balaban J connectivity index is 1.80. The largest absolute Gasteiger partial charge is 0.350 e. The molecule has 4 rings (SSSR count). The fraction of sp³-hybridized carbons (Fsp3) is 0.0952. The second-order valence-electron chi connectivity index (χ2n) is 6.39. The van der Waals surface area contributed by atoms with Gasteiger partial charge in [0.25, 0.3) is 0 Å². The molecule has 3 heterocycles. The molecule has 0 spiro atoms. The van der Waals surface area contributed by atoms with E-state index in [0.29, 0.717) is 5.69 Å². The van der Waals surface area contributed by atoms with Crippen molar-refractivity contribution in [3.63, 3.8) is 0 Å². The van der Waals surface area contributed by atoms with Gasteiger partial charge in [-0.2, -0.15) is 0 Å². The summed E-state index contributed by atoms with van der Waals surface area (Å²) in [5.41, 5.74) is 3.50. The lowest BCUT2D eigenvalue weighted by Gasteiger charge is -2.10. The number of fused-ring (bicyclic) bond motifs is 1. The average Bonchev–Trinajstić information content (AvgIpc) is 3.27. The molecule has 0 fully saturated rings. The zero-order valence-corrected chi connectivity index (χ0v) is 16.4. The third kappa shape index (κ3) is 3.52. The Kier molecular flexibility index (Phi) is 4.67. The van der Waals surface area contributed by atoms with Crippen LogP contribution in [0, 0.1) is 6.92 Å². The quantitative estimate of drug-likeness (QED) is 0.478. The van der Waals surface area contributed by atoms with Gasteiger partial charge >= 0.3 is 0 Å². The number of aryl methyl sites for hydroxylation is 2. The minimum Gasteiger partial charge on any atom is -0.350 e. The molecule has 28 heavy (non-hydrogen) atoms. The summed E-state index contributed by atoms with van der Waals surface area (Å²) in [5.74, 6) is 0.476. The van der Waals surface area contributed by atoms with Crippen LogP contribution in [0.3, 0.4) is 0 Å². The van der Waals surface area contributed by atoms with Gasteiger partial charge in [-0.05, 0) is 31.2 Å². The Morgan fingerprint density at radius 3 is 2.89 bits per heavy atom. The van der Waals surface area contributed by atoms with Crippen LogP contribution in [0.15, 0.2) is 61.4 Å². The van der Waals surface area contributed by atoms with E-state index in [1.54, 1.807) is 11.3 Å². The highest BCUT2D eigenvalue weighted by atomic mass is 32.1. The Morgan fingerprint density at radius 1 is 1.29 bits per heavy atom. The molecule has 0 saturated carbocycles. The SMILES string of the molecule is C=CC(=O)Nc1cccc(-c2nc(Nc3ncc(C)s3)cc3c2ccn3C)c1. The van der Waals surface area contributed by atoms with Crippen molar-refractivity contribution in [1.29, 1.82) is 0 Å². The van der Waals surface area contributed by atoms with Gasteiger partial charge < -0.3 is 15.2 Å². The number of nitrogens with one attached hydrogen (secondary N) is 2. The number of aromatic nitrogens is 3. The second kappa shape index (κ2) is 7.28. The highest BCUT2D eigenvalue weighted by Gasteiger charge is 2.13. The first kappa shape index (κ1) is 17.9. The van der Waals surface area contributed by atoms with E-state index in [1.807, 2.05) is 62.8 Å². The van der Waals surface area contributed by atoms with Gasteiger partial charge in [0.15, 0.2) is 5.13 Å². The van der Waals surface area contributed by atoms with Crippen LogP contribution in [0.5, 0.6) is 0 Å². The van der Waals surface area contributed by atoms with Gasteiger partial charge in [-0.1, -0.05) is 18.7 Å². The summed E-state index contributed by atoms with van der Waals surface area (Å²) >= 11 is 1.58. The summed E-state index contributed by atoms with van der Waals surface area (Å²) in [7, 11) is 2.00. The molecule has 0 unspecified atom stereocenters. The fourth-order valence-corrected chi connectivity index (χ4v) is 3.68. The van der Waals surface area contributed by atoms with E-state index in [0.717, 1.165) is 38.0 Å². The van der Waals surface area contributed by atoms with Crippen molar-refractivity contribution in [2.45, 2.75) is 6.92 Å². The molecule has 1 aromatic carbocycles. The van der Waals surface area contributed by atoms with Crippen molar-refractivity contribution >= 4 is 44.8 Å². The van der Waals surface area contributed by atoms with E-state index < -0.39 is 0 Å². The number of hydrogen-bond donors (Lipinski definition) is 2. The molecule has 2 N–H and O–H groups in total. The maximum atomic E-state index is 11.6. The molecule has 3 aromatic heterocycles. The Labute approximate surface area is 166 Å². The van der Waals surface area contributed by atoms with Crippen LogP contribution >= 0.6 is 11.3 Å². The van der Waals surface area contributed by atoms with Crippen LogP contribution < -0.4 is 10.6 Å². The summed E-state index contributed by atoms with van der Waals surface area (Å²) in [6.45, 7) is 5.51. The van der Waals surface area contributed by atoms with Gasteiger partial charge in [-0.25, -0.2) is 9.97 Å². The van der Waals surface area contributed by atoms with Gasteiger partial charge in [-0.3, -0.25) is 4.79 Å². The maximum absolute atomic E-state index is 11.6. The number of carbonyl (C=O) groups is 1. The number of rotatable bonds is 5. The Hall–Kier alpha value is -3.45. The third-order valence-electron chi connectivity index (χ3n) is 4.33. The molecule has 0 bridgehead atoms. The van der Waals surface area contributed by atoms with Crippen LogP contribution in [0.25, 0.3) is 22.2 Å². The van der Waals surface area contributed by atoms with Crippen molar-refractivity contribution < 1.29 is 4.79 Å². The molecule has 0 aliphatic heterocycles. The lowest BCUT2D eigenvalue weighted by molar-refractivity contribution is -0.111. The molecule has 0 radical (unpaired) electrons.